The predicted molar refractivity (Wildman–Crippen MR) is 87.5 cm³/mol. The van der Waals surface area contributed by atoms with Crippen LogP contribution in [0.2, 0.25) is 0 Å². The predicted octanol–water partition coefficient (Wildman–Crippen LogP) is 2.29. The van der Waals surface area contributed by atoms with Crippen molar-refractivity contribution >= 4 is 11.7 Å². The Morgan fingerprint density at radius 2 is 2.16 bits per heavy atom. The van der Waals surface area contributed by atoms with Crippen LogP contribution in [0.4, 0.5) is 10.2 Å². The molecule has 0 aliphatic rings. The van der Waals surface area contributed by atoms with Gasteiger partial charge in [-0.2, -0.15) is 5.10 Å². The molecule has 0 aliphatic heterocycles. The maximum absolute atomic E-state index is 13.5. The van der Waals surface area contributed by atoms with Crippen molar-refractivity contribution in [3.63, 3.8) is 0 Å². The minimum Gasteiger partial charge on any atom is -0.481 e. The number of hydrogen-bond acceptors (Lipinski definition) is 5. The van der Waals surface area contributed by atoms with E-state index >= 15 is 0 Å². The van der Waals surface area contributed by atoms with E-state index in [0.717, 1.165) is 0 Å². The van der Waals surface area contributed by atoms with E-state index in [1.165, 1.54) is 29.1 Å². The fourth-order valence-corrected chi connectivity index (χ4v) is 2.21. The molecule has 2 aromatic heterocycles. The van der Waals surface area contributed by atoms with E-state index < -0.39 is 11.7 Å². The van der Waals surface area contributed by atoms with E-state index in [9.17, 15) is 9.18 Å². The summed E-state index contributed by atoms with van der Waals surface area (Å²) in [5.74, 6) is -0.107. The fraction of sp³-hybridized carbons (Fsp3) is 0.176. The van der Waals surface area contributed by atoms with Gasteiger partial charge in [0, 0.05) is 6.07 Å². The average molecular weight is 345 g/mol. The number of rotatable bonds is 7. The normalized spacial score (nSPS) is 10.6. The van der Waals surface area contributed by atoms with Gasteiger partial charge >= 0.3 is 0 Å². The number of nitrogens with zero attached hydrogens (tertiary/aromatic N) is 2. The van der Waals surface area contributed by atoms with Gasteiger partial charge in [0.1, 0.15) is 11.5 Å². The monoisotopic (exact) mass is 345 g/mol. The van der Waals surface area contributed by atoms with Crippen LogP contribution in [-0.2, 0) is 11.3 Å². The topological polar surface area (TPSA) is 89.5 Å². The molecule has 0 saturated carbocycles. The van der Waals surface area contributed by atoms with Gasteiger partial charge in [-0.15, -0.1) is 0 Å². The van der Waals surface area contributed by atoms with Crippen molar-refractivity contribution in [2.45, 2.75) is 6.54 Å². The number of aliphatic hydroxyl groups is 1. The molecule has 8 heteroatoms. The molecule has 3 rings (SSSR count). The summed E-state index contributed by atoms with van der Waals surface area (Å²) in [6.45, 7) is -0.306. The van der Waals surface area contributed by atoms with Crippen LogP contribution in [-0.4, -0.2) is 34.0 Å². The summed E-state index contributed by atoms with van der Waals surface area (Å²) < 4.78 is 25.4. The zero-order chi connectivity index (χ0) is 17.6. The van der Waals surface area contributed by atoms with Crippen molar-refractivity contribution in [1.82, 2.24) is 9.78 Å². The van der Waals surface area contributed by atoms with Crippen LogP contribution >= 0.6 is 0 Å². The van der Waals surface area contributed by atoms with Crippen LogP contribution in [0, 0.1) is 5.82 Å². The van der Waals surface area contributed by atoms with E-state index in [0.29, 0.717) is 17.3 Å². The number of aliphatic hydroxyl groups excluding tert-OH is 1. The summed E-state index contributed by atoms with van der Waals surface area (Å²) in [6.07, 6.45) is 1.51. The largest absolute Gasteiger partial charge is 0.481 e. The van der Waals surface area contributed by atoms with Gasteiger partial charge in [0.15, 0.2) is 23.9 Å². The first kappa shape index (κ1) is 16.7. The molecule has 1 amide bonds. The van der Waals surface area contributed by atoms with Gasteiger partial charge in [0.25, 0.3) is 5.91 Å². The van der Waals surface area contributed by atoms with Crippen molar-refractivity contribution in [2.24, 2.45) is 0 Å². The number of amides is 1. The summed E-state index contributed by atoms with van der Waals surface area (Å²) in [7, 11) is 0. The van der Waals surface area contributed by atoms with Crippen LogP contribution < -0.4 is 10.1 Å². The first-order chi connectivity index (χ1) is 12.2. The number of carbonyl (C=O) groups is 1. The third kappa shape index (κ3) is 4.04. The molecular formula is C17H16FN3O4. The molecule has 1 aromatic carbocycles. The quantitative estimate of drug-likeness (QED) is 0.686. The molecule has 0 fully saturated rings. The van der Waals surface area contributed by atoms with E-state index in [2.05, 4.69) is 10.4 Å². The Kier molecular flexibility index (Phi) is 5.10. The SMILES string of the molecule is O=C(COc1ccccc1F)Nc1cc(-c2ccco2)nn1CCO. The van der Waals surface area contributed by atoms with Crippen molar-refractivity contribution < 1.29 is 23.4 Å². The Balaban J connectivity index is 1.68. The van der Waals surface area contributed by atoms with Crippen LogP contribution in [0.25, 0.3) is 11.5 Å². The molecule has 7 nitrogen and oxygen atoms in total. The summed E-state index contributed by atoms with van der Waals surface area (Å²) in [4.78, 5) is 12.1. The zero-order valence-electron chi connectivity index (χ0n) is 13.2. The van der Waals surface area contributed by atoms with Crippen molar-refractivity contribution in [2.75, 3.05) is 18.5 Å². The molecule has 0 aliphatic carbocycles. The second-order valence-corrected chi connectivity index (χ2v) is 5.11. The summed E-state index contributed by atoms with van der Waals surface area (Å²) in [6, 6.07) is 10.9. The summed E-state index contributed by atoms with van der Waals surface area (Å²) >= 11 is 0. The van der Waals surface area contributed by atoms with Gasteiger partial charge in [-0.05, 0) is 24.3 Å². The third-order valence-corrected chi connectivity index (χ3v) is 3.33. The van der Waals surface area contributed by atoms with E-state index in [-0.39, 0.29) is 25.5 Å². The molecule has 2 heterocycles. The smallest absolute Gasteiger partial charge is 0.263 e. The number of ether oxygens (including phenoxy) is 1. The van der Waals surface area contributed by atoms with Gasteiger partial charge in [-0.25, -0.2) is 9.07 Å². The molecule has 25 heavy (non-hydrogen) atoms. The lowest BCUT2D eigenvalue weighted by Gasteiger charge is -2.09. The summed E-state index contributed by atoms with van der Waals surface area (Å²) in [5.41, 5.74) is 0.517. The van der Waals surface area contributed by atoms with Gasteiger partial charge in [-0.1, -0.05) is 12.1 Å². The molecule has 0 radical (unpaired) electrons. The minimum absolute atomic E-state index is 0.00205. The van der Waals surface area contributed by atoms with Gasteiger partial charge < -0.3 is 19.6 Å². The summed E-state index contributed by atoms with van der Waals surface area (Å²) in [5, 5.41) is 16.0. The Morgan fingerprint density at radius 1 is 1.32 bits per heavy atom. The Bertz CT molecular complexity index is 845. The van der Waals surface area contributed by atoms with Crippen molar-refractivity contribution in [1.29, 1.82) is 0 Å². The van der Waals surface area contributed by atoms with Crippen LogP contribution in [0.5, 0.6) is 5.75 Å². The van der Waals surface area contributed by atoms with Crippen molar-refractivity contribution in [3.05, 3.63) is 54.5 Å². The number of hydrogen-bond donors (Lipinski definition) is 2. The second-order valence-electron chi connectivity index (χ2n) is 5.11. The molecule has 2 N–H and O–H groups in total. The second kappa shape index (κ2) is 7.63. The van der Waals surface area contributed by atoms with E-state index in [1.807, 2.05) is 0 Å². The van der Waals surface area contributed by atoms with Crippen molar-refractivity contribution in [3.8, 4) is 17.2 Å². The van der Waals surface area contributed by atoms with Gasteiger partial charge in [-0.3, -0.25) is 4.79 Å². The molecule has 0 unspecified atom stereocenters. The number of para-hydroxylation sites is 1. The fourth-order valence-electron chi connectivity index (χ4n) is 2.21. The maximum Gasteiger partial charge on any atom is 0.263 e. The maximum atomic E-state index is 13.5. The lowest BCUT2D eigenvalue weighted by molar-refractivity contribution is -0.118. The molecule has 3 aromatic rings. The van der Waals surface area contributed by atoms with Crippen LogP contribution in [0.15, 0.2) is 53.1 Å². The minimum atomic E-state index is -0.541. The van der Waals surface area contributed by atoms with E-state index in [4.69, 9.17) is 14.3 Å². The third-order valence-electron chi connectivity index (χ3n) is 3.33. The highest BCUT2D eigenvalue weighted by Crippen LogP contribution is 2.22. The Morgan fingerprint density at radius 3 is 2.88 bits per heavy atom. The Labute approximate surface area is 142 Å². The number of anilines is 1. The first-order valence-corrected chi connectivity index (χ1v) is 7.57. The highest BCUT2D eigenvalue weighted by Gasteiger charge is 2.14. The number of halogens is 1. The standard InChI is InChI=1S/C17H16FN3O4/c18-12-4-1-2-5-14(12)25-11-17(23)19-16-10-13(15-6-3-9-24-15)20-21(16)7-8-22/h1-6,9-10,22H,7-8,11H2,(H,19,23). The molecule has 0 spiro atoms. The lowest BCUT2D eigenvalue weighted by Crippen LogP contribution is -2.22. The highest BCUT2D eigenvalue weighted by molar-refractivity contribution is 5.91. The number of benzene rings is 1. The number of furan rings is 1. The molecule has 130 valence electrons. The molecular weight excluding hydrogens is 329 g/mol. The molecule has 0 bridgehead atoms. The average Bonchev–Trinajstić information content (AvgIpc) is 3.25. The van der Waals surface area contributed by atoms with E-state index in [1.54, 1.807) is 24.3 Å². The zero-order valence-corrected chi connectivity index (χ0v) is 13.2. The van der Waals surface area contributed by atoms with Gasteiger partial charge in [0.2, 0.25) is 0 Å². The lowest BCUT2D eigenvalue weighted by atomic mass is 10.3. The number of nitrogens with one attached hydrogen (secondary N) is 1. The van der Waals surface area contributed by atoms with Crippen LogP contribution in [0.1, 0.15) is 0 Å². The highest BCUT2D eigenvalue weighted by atomic mass is 19.1. The molecule has 0 atom stereocenters. The van der Waals surface area contributed by atoms with Crippen LogP contribution in [0.3, 0.4) is 0 Å². The number of carbonyl (C=O) groups excluding carboxylic acids is 1. The number of aromatic nitrogens is 2. The first-order valence-electron chi connectivity index (χ1n) is 7.57. The van der Waals surface area contributed by atoms with Gasteiger partial charge in [0.05, 0.1) is 19.4 Å². The molecule has 0 saturated heterocycles. The Hall–Kier alpha value is -3.13.